The van der Waals surface area contributed by atoms with E-state index >= 15 is 0 Å². The number of rotatable bonds is 4. The lowest BCUT2D eigenvalue weighted by atomic mass is 9.74. The maximum absolute atomic E-state index is 13.3. The van der Waals surface area contributed by atoms with Gasteiger partial charge in [0.25, 0.3) is 0 Å². The lowest BCUT2D eigenvalue weighted by Gasteiger charge is -2.41. The summed E-state index contributed by atoms with van der Waals surface area (Å²) in [5.41, 5.74) is 3.79. The number of likely N-dealkylation sites (tertiary alicyclic amines) is 2. The first-order valence-corrected chi connectivity index (χ1v) is 11.4. The van der Waals surface area contributed by atoms with Gasteiger partial charge in [0.05, 0.1) is 5.92 Å². The Hall–Kier alpha value is -2.95. The van der Waals surface area contributed by atoms with Crippen LogP contribution in [0.3, 0.4) is 0 Å². The molecule has 2 fully saturated rings. The van der Waals surface area contributed by atoms with Crippen LogP contribution in [0.15, 0.2) is 54.7 Å². The Labute approximate surface area is 183 Å². The number of aromatic nitrogens is 1. The van der Waals surface area contributed by atoms with Crippen molar-refractivity contribution in [2.75, 3.05) is 26.2 Å². The SMILES string of the molecule is O=C1CCC(C(=O)N2CCC3(C=Cc4ccccc43)CC2)CN1CCc1ccccn1. The molecule has 31 heavy (non-hydrogen) atoms. The van der Waals surface area contributed by atoms with Crippen LogP contribution in [0.4, 0.5) is 0 Å². The molecule has 0 radical (unpaired) electrons. The number of amides is 2. The predicted octanol–water partition coefficient (Wildman–Crippen LogP) is 3.45. The monoisotopic (exact) mass is 415 g/mol. The average Bonchev–Trinajstić information content (AvgIpc) is 3.17. The highest BCUT2D eigenvalue weighted by Gasteiger charge is 2.40. The van der Waals surface area contributed by atoms with Crippen molar-refractivity contribution in [1.82, 2.24) is 14.8 Å². The lowest BCUT2D eigenvalue weighted by Crippen LogP contribution is -2.50. The third kappa shape index (κ3) is 3.89. The molecule has 0 N–H and O–H groups in total. The van der Waals surface area contributed by atoms with Crippen LogP contribution < -0.4 is 0 Å². The minimum Gasteiger partial charge on any atom is -0.342 e. The summed E-state index contributed by atoms with van der Waals surface area (Å²) in [7, 11) is 0. The summed E-state index contributed by atoms with van der Waals surface area (Å²) < 4.78 is 0. The Balaban J connectivity index is 1.19. The molecular weight excluding hydrogens is 386 g/mol. The predicted molar refractivity (Wildman–Crippen MR) is 120 cm³/mol. The van der Waals surface area contributed by atoms with Gasteiger partial charge in [-0.3, -0.25) is 14.6 Å². The molecule has 2 aromatic rings. The van der Waals surface area contributed by atoms with E-state index in [1.54, 1.807) is 6.20 Å². The minimum atomic E-state index is -0.0816. The second-order valence-electron chi connectivity index (χ2n) is 9.05. The fourth-order valence-corrected chi connectivity index (χ4v) is 5.38. The topological polar surface area (TPSA) is 53.5 Å². The van der Waals surface area contributed by atoms with Crippen LogP contribution in [0.1, 0.15) is 42.5 Å². The molecule has 2 aliphatic heterocycles. The molecule has 3 heterocycles. The fourth-order valence-electron chi connectivity index (χ4n) is 5.38. The molecule has 0 bridgehead atoms. The van der Waals surface area contributed by atoms with Gasteiger partial charge in [0.15, 0.2) is 0 Å². The molecular formula is C26H29N3O2. The average molecular weight is 416 g/mol. The van der Waals surface area contributed by atoms with E-state index < -0.39 is 0 Å². The van der Waals surface area contributed by atoms with Gasteiger partial charge in [-0.2, -0.15) is 0 Å². The van der Waals surface area contributed by atoms with Crippen molar-refractivity contribution >= 4 is 17.9 Å². The van der Waals surface area contributed by atoms with Crippen LogP contribution in [0.2, 0.25) is 0 Å². The maximum atomic E-state index is 13.3. The number of benzene rings is 1. The number of hydrogen-bond donors (Lipinski definition) is 0. The van der Waals surface area contributed by atoms with Crippen molar-refractivity contribution in [3.8, 4) is 0 Å². The van der Waals surface area contributed by atoms with Gasteiger partial charge in [0.2, 0.25) is 11.8 Å². The van der Waals surface area contributed by atoms with E-state index in [1.165, 1.54) is 11.1 Å². The van der Waals surface area contributed by atoms with E-state index in [0.29, 0.717) is 25.9 Å². The van der Waals surface area contributed by atoms with Crippen LogP contribution >= 0.6 is 0 Å². The van der Waals surface area contributed by atoms with E-state index in [2.05, 4.69) is 41.4 Å². The van der Waals surface area contributed by atoms with Crippen molar-refractivity contribution in [1.29, 1.82) is 0 Å². The molecule has 1 spiro atoms. The van der Waals surface area contributed by atoms with Crippen molar-refractivity contribution < 1.29 is 9.59 Å². The summed E-state index contributed by atoms with van der Waals surface area (Å²) >= 11 is 0. The van der Waals surface area contributed by atoms with E-state index in [0.717, 1.165) is 38.0 Å². The van der Waals surface area contributed by atoms with Crippen LogP contribution in [0, 0.1) is 5.92 Å². The first-order valence-electron chi connectivity index (χ1n) is 11.4. The second-order valence-corrected chi connectivity index (χ2v) is 9.05. The van der Waals surface area contributed by atoms with E-state index in [4.69, 9.17) is 0 Å². The molecule has 2 amide bonds. The van der Waals surface area contributed by atoms with E-state index in [-0.39, 0.29) is 23.1 Å². The molecule has 1 aromatic carbocycles. The van der Waals surface area contributed by atoms with Crippen LogP contribution in [-0.4, -0.2) is 52.8 Å². The van der Waals surface area contributed by atoms with Crippen molar-refractivity contribution in [2.24, 2.45) is 5.92 Å². The van der Waals surface area contributed by atoms with E-state index in [9.17, 15) is 9.59 Å². The Kier molecular flexibility index (Phi) is 5.34. The number of hydrogen-bond acceptors (Lipinski definition) is 3. The summed E-state index contributed by atoms with van der Waals surface area (Å²) in [6.45, 7) is 2.74. The second kappa shape index (κ2) is 8.29. The smallest absolute Gasteiger partial charge is 0.227 e. The standard InChI is InChI=1S/C26H29N3O2/c30-24-9-8-21(19-29(24)16-11-22-6-3-4-15-27-22)25(31)28-17-13-26(14-18-28)12-10-20-5-1-2-7-23(20)26/h1-7,10,12,15,21H,8-9,11,13-14,16-19H2. The fraction of sp³-hybridized carbons (Fsp3) is 0.423. The summed E-state index contributed by atoms with van der Waals surface area (Å²) in [4.78, 5) is 34.0. The first-order chi connectivity index (χ1) is 15.1. The summed E-state index contributed by atoms with van der Waals surface area (Å²) in [6.07, 6.45) is 10.2. The van der Waals surface area contributed by atoms with Gasteiger partial charge in [-0.25, -0.2) is 0 Å². The van der Waals surface area contributed by atoms with Gasteiger partial charge in [-0.05, 0) is 42.5 Å². The molecule has 5 heteroatoms. The molecule has 1 aliphatic carbocycles. The Morgan fingerprint density at radius 2 is 1.90 bits per heavy atom. The number of nitrogens with zero attached hydrogens (tertiary/aromatic N) is 3. The summed E-state index contributed by atoms with van der Waals surface area (Å²) in [5, 5.41) is 0. The molecule has 160 valence electrons. The number of carbonyl (C=O) groups is 2. The Morgan fingerprint density at radius 1 is 1.10 bits per heavy atom. The zero-order valence-corrected chi connectivity index (χ0v) is 17.9. The quantitative estimate of drug-likeness (QED) is 0.769. The number of allylic oxidation sites excluding steroid dienone is 1. The van der Waals surface area contributed by atoms with Gasteiger partial charge >= 0.3 is 0 Å². The molecule has 1 aromatic heterocycles. The van der Waals surface area contributed by atoms with Crippen molar-refractivity contribution in [2.45, 2.75) is 37.5 Å². The number of piperidine rings is 2. The first kappa shape index (κ1) is 20.0. The molecule has 1 unspecified atom stereocenters. The third-order valence-electron chi connectivity index (χ3n) is 7.26. The van der Waals surface area contributed by atoms with Gasteiger partial charge in [-0.15, -0.1) is 0 Å². The minimum absolute atomic E-state index is 0.0816. The summed E-state index contributed by atoms with van der Waals surface area (Å²) in [5.74, 6) is 0.299. The number of carbonyl (C=O) groups excluding carboxylic acids is 2. The zero-order chi connectivity index (χ0) is 21.3. The van der Waals surface area contributed by atoms with Crippen LogP contribution in [0.5, 0.6) is 0 Å². The molecule has 5 rings (SSSR count). The molecule has 2 saturated heterocycles. The van der Waals surface area contributed by atoms with Gasteiger partial charge in [0.1, 0.15) is 0 Å². The molecule has 3 aliphatic rings. The maximum Gasteiger partial charge on any atom is 0.227 e. The number of fused-ring (bicyclic) bond motifs is 2. The molecule has 5 nitrogen and oxygen atoms in total. The largest absolute Gasteiger partial charge is 0.342 e. The Bertz CT molecular complexity index is 993. The van der Waals surface area contributed by atoms with Crippen molar-refractivity contribution in [3.63, 3.8) is 0 Å². The summed E-state index contributed by atoms with van der Waals surface area (Å²) in [6, 6.07) is 14.5. The normalized spacial score (nSPS) is 22.1. The Morgan fingerprint density at radius 3 is 2.71 bits per heavy atom. The molecule has 1 atom stereocenters. The molecule has 0 saturated carbocycles. The van der Waals surface area contributed by atoms with Gasteiger partial charge in [0, 0.05) is 56.3 Å². The van der Waals surface area contributed by atoms with E-state index in [1.807, 2.05) is 28.0 Å². The van der Waals surface area contributed by atoms with Crippen molar-refractivity contribution in [3.05, 3.63) is 71.6 Å². The van der Waals surface area contributed by atoms with Gasteiger partial charge < -0.3 is 9.80 Å². The van der Waals surface area contributed by atoms with Crippen LogP contribution in [0.25, 0.3) is 6.08 Å². The third-order valence-corrected chi connectivity index (χ3v) is 7.26. The highest BCUT2D eigenvalue weighted by molar-refractivity contribution is 5.84. The lowest BCUT2D eigenvalue weighted by molar-refractivity contribution is -0.144. The van der Waals surface area contributed by atoms with Gasteiger partial charge in [-0.1, -0.05) is 42.5 Å². The van der Waals surface area contributed by atoms with Crippen LogP contribution in [-0.2, 0) is 21.4 Å². The number of pyridine rings is 1. The zero-order valence-electron chi connectivity index (χ0n) is 17.9. The highest BCUT2D eigenvalue weighted by atomic mass is 16.2. The highest BCUT2D eigenvalue weighted by Crippen LogP contribution is 2.43.